The molecule has 6 nitrogen and oxygen atoms in total. The molecule has 0 unspecified atom stereocenters. The summed E-state index contributed by atoms with van der Waals surface area (Å²) in [6.45, 7) is 6.63. The first-order valence-electron chi connectivity index (χ1n) is 19.9. The molecule has 0 aliphatic carbocycles. The maximum absolute atomic E-state index is 10.1. The summed E-state index contributed by atoms with van der Waals surface area (Å²) < 4.78 is 0. The van der Waals surface area contributed by atoms with Crippen LogP contribution in [-0.4, -0.2) is 17.9 Å². The summed E-state index contributed by atoms with van der Waals surface area (Å²) in [6, 6.07) is 0. The quantitative estimate of drug-likeness (QED) is 0.0481. The zero-order valence-corrected chi connectivity index (χ0v) is 35.9. The number of carbonyl (C=O) groups is 3. The second-order valence-corrected chi connectivity index (χ2v) is 12.9. The van der Waals surface area contributed by atoms with Crippen molar-refractivity contribution in [2.24, 2.45) is 0 Å². The van der Waals surface area contributed by atoms with Crippen LogP contribution in [-0.2, 0) is 14.4 Å². The molecule has 0 aromatic carbocycles. The zero-order chi connectivity index (χ0) is 36.2. The third kappa shape index (κ3) is 65.9. The molecule has 0 radical (unpaired) electrons. The van der Waals surface area contributed by atoms with Crippen molar-refractivity contribution in [1.29, 1.82) is 0 Å². The smallest absolute Gasteiger partial charge is 0.550 e. The Kier molecular flexibility index (Phi) is 57.4. The van der Waals surface area contributed by atoms with Gasteiger partial charge in [-0.05, 0) is 96.3 Å². The molecule has 0 aliphatic heterocycles. The van der Waals surface area contributed by atoms with Gasteiger partial charge in [-0.3, -0.25) is 0 Å². The van der Waals surface area contributed by atoms with E-state index in [1.54, 1.807) is 0 Å². The summed E-state index contributed by atoms with van der Waals surface area (Å²) >= 11 is 0. The van der Waals surface area contributed by atoms with Gasteiger partial charge in [0.05, 0.1) is 0 Å². The number of carbonyl (C=O) groups excluding carboxylic acids is 3. The molecule has 0 N–H and O–H groups in total. The van der Waals surface area contributed by atoms with E-state index in [2.05, 4.69) is 57.2 Å². The van der Waals surface area contributed by atoms with Crippen LogP contribution in [0.5, 0.6) is 0 Å². The standard InChI is InChI=1S/3C14H26O2.Pr/c3*1-2-3-4-5-6-7-8-9-10-11-12-13-14(15)16;/h3*5-6H,2-4,7-13H2,1H3,(H,15,16);/q;;;+3/p-3/b3*6-5-;. The van der Waals surface area contributed by atoms with Crippen LogP contribution in [0.25, 0.3) is 0 Å². The van der Waals surface area contributed by atoms with Crippen LogP contribution in [0, 0.1) is 41.3 Å². The van der Waals surface area contributed by atoms with Gasteiger partial charge < -0.3 is 29.7 Å². The van der Waals surface area contributed by atoms with E-state index in [4.69, 9.17) is 0 Å². The average molecular weight is 817 g/mol. The molecule has 0 spiro atoms. The van der Waals surface area contributed by atoms with Crippen molar-refractivity contribution in [1.82, 2.24) is 0 Å². The molecule has 0 saturated carbocycles. The monoisotopic (exact) mass is 816 g/mol. The number of rotatable bonds is 33. The maximum Gasteiger partial charge on any atom is 3.00 e. The molecule has 0 heterocycles. The van der Waals surface area contributed by atoms with Gasteiger partial charge in [0.25, 0.3) is 0 Å². The van der Waals surface area contributed by atoms with Gasteiger partial charge in [0.2, 0.25) is 0 Å². The van der Waals surface area contributed by atoms with Gasteiger partial charge in [0, 0.05) is 17.9 Å². The van der Waals surface area contributed by atoms with Gasteiger partial charge in [0.1, 0.15) is 0 Å². The van der Waals surface area contributed by atoms with Crippen LogP contribution in [0.1, 0.15) is 213 Å². The molecule has 0 rings (SSSR count). The number of carboxylic acids is 3. The number of carboxylic acid groups (broad SMARTS) is 3. The molecular formula is C42H75O6Pr. The van der Waals surface area contributed by atoms with E-state index >= 15 is 0 Å². The molecule has 0 aromatic rings. The van der Waals surface area contributed by atoms with Crippen molar-refractivity contribution < 1.29 is 71.0 Å². The first kappa shape index (κ1) is 54.8. The van der Waals surface area contributed by atoms with Crippen LogP contribution in [0.2, 0.25) is 0 Å². The van der Waals surface area contributed by atoms with Crippen LogP contribution in [0.4, 0.5) is 0 Å². The van der Waals surface area contributed by atoms with E-state index in [0.717, 1.165) is 57.8 Å². The predicted molar refractivity (Wildman–Crippen MR) is 198 cm³/mol. The van der Waals surface area contributed by atoms with E-state index in [1.165, 1.54) is 116 Å². The normalized spacial score (nSPS) is 10.8. The van der Waals surface area contributed by atoms with Crippen molar-refractivity contribution in [3.05, 3.63) is 36.5 Å². The summed E-state index contributed by atoms with van der Waals surface area (Å²) in [5, 5.41) is 30.4. The number of aliphatic carboxylic acids is 3. The first-order chi connectivity index (χ1) is 23.3. The summed E-state index contributed by atoms with van der Waals surface area (Å²) in [5.74, 6) is -2.75. The molecule has 0 amide bonds. The van der Waals surface area contributed by atoms with Crippen molar-refractivity contribution in [3.63, 3.8) is 0 Å². The van der Waals surface area contributed by atoms with E-state index in [-0.39, 0.29) is 60.6 Å². The Hall–Kier alpha value is -1.01. The van der Waals surface area contributed by atoms with Crippen LogP contribution < -0.4 is 15.3 Å². The summed E-state index contributed by atoms with van der Waals surface area (Å²) in [5.41, 5.74) is 0. The van der Waals surface area contributed by atoms with Crippen molar-refractivity contribution in [2.75, 3.05) is 0 Å². The molecule has 0 bridgehead atoms. The number of unbranched alkanes of at least 4 members (excludes halogenated alkanes) is 21. The van der Waals surface area contributed by atoms with E-state index in [1.807, 2.05) is 0 Å². The van der Waals surface area contributed by atoms with Gasteiger partial charge in [-0.1, -0.05) is 154 Å². The zero-order valence-electron chi connectivity index (χ0n) is 32.2. The SMILES string of the molecule is CCCC/C=C\CCCCCCCC(=O)[O-].CCCC/C=C\CCCCCCCC(=O)[O-].CCCC/C=C\CCCCCCCC(=O)[O-].[Pr+3]. The Bertz CT molecular complexity index is 662. The van der Waals surface area contributed by atoms with Gasteiger partial charge in [-0.25, -0.2) is 0 Å². The summed E-state index contributed by atoms with van der Waals surface area (Å²) in [4.78, 5) is 30.4. The van der Waals surface area contributed by atoms with Crippen molar-refractivity contribution in [2.45, 2.75) is 213 Å². The molecule has 0 saturated heterocycles. The van der Waals surface area contributed by atoms with Gasteiger partial charge >= 0.3 is 41.3 Å². The number of allylic oxidation sites excluding steroid dienone is 6. The summed E-state index contributed by atoms with van der Waals surface area (Å²) in [7, 11) is 0. The fourth-order valence-electron chi connectivity index (χ4n) is 4.86. The fraction of sp³-hybridized carbons (Fsp3) is 0.786. The topological polar surface area (TPSA) is 120 Å². The fourth-order valence-corrected chi connectivity index (χ4v) is 4.86. The third-order valence-corrected chi connectivity index (χ3v) is 7.93. The molecule has 282 valence electrons. The molecule has 0 atom stereocenters. The molecule has 0 aromatic heterocycles. The minimum absolute atomic E-state index is 0. The van der Waals surface area contributed by atoms with Crippen LogP contribution >= 0.6 is 0 Å². The third-order valence-electron chi connectivity index (χ3n) is 7.93. The summed E-state index contributed by atoms with van der Waals surface area (Å²) in [6.07, 6.45) is 45.3. The van der Waals surface area contributed by atoms with Crippen LogP contribution in [0.3, 0.4) is 0 Å². The molecule has 7 heteroatoms. The Morgan fingerprint density at radius 2 is 0.510 bits per heavy atom. The molecule has 0 aliphatic rings. The Morgan fingerprint density at radius 1 is 0.327 bits per heavy atom. The van der Waals surface area contributed by atoms with Gasteiger partial charge in [-0.15, -0.1) is 0 Å². The van der Waals surface area contributed by atoms with Crippen molar-refractivity contribution in [3.8, 4) is 0 Å². The molecule has 49 heavy (non-hydrogen) atoms. The Morgan fingerprint density at radius 3 is 0.714 bits per heavy atom. The van der Waals surface area contributed by atoms with E-state index in [0.29, 0.717) is 0 Å². The second-order valence-electron chi connectivity index (χ2n) is 12.9. The minimum atomic E-state index is -0.918. The van der Waals surface area contributed by atoms with E-state index < -0.39 is 17.9 Å². The maximum atomic E-state index is 10.1. The number of hydrogen-bond acceptors (Lipinski definition) is 6. The molecule has 0 fully saturated rings. The van der Waals surface area contributed by atoms with Crippen LogP contribution in [0.15, 0.2) is 36.5 Å². The number of hydrogen-bond donors (Lipinski definition) is 0. The molecular weight excluding hydrogens is 741 g/mol. The van der Waals surface area contributed by atoms with E-state index in [9.17, 15) is 29.7 Å². The largest absolute Gasteiger partial charge is 3.00 e. The second kappa shape index (κ2) is 51.4. The van der Waals surface area contributed by atoms with Gasteiger partial charge in [-0.2, -0.15) is 0 Å². The predicted octanol–water partition coefficient (Wildman–Crippen LogP) is 9.64. The first-order valence-corrected chi connectivity index (χ1v) is 19.9. The Labute approximate surface area is 336 Å². The minimum Gasteiger partial charge on any atom is -0.550 e. The Balaban J connectivity index is -0.000000307. The van der Waals surface area contributed by atoms with Crippen molar-refractivity contribution >= 4 is 17.9 Å². The van der Waals surface area contributed by atoms with Gasteiger partial charge in [0.15, 0.2) is 0 Å². The average Bonchev–Trinajstić information content (AvgIpc) is 3.05.